The first-order valence-corrected chi connectivity index (χ1v) is 12.1. The zero-order valence-electron chi connectivity index (χ0n) is 19.8. The molecule has 3 N–H and O–H groups in total. The summed E-state index contributed by atoms with van der Waals surface area (Å²) in [5.74, 6) is 0.934. The minimum absolute atomic E-state index is 0.172. The molecule has 0 bridgehead atoms. The van der Waals surface area contributed by atoms with Crippen LogP contribution in [-0.2, 0) is 4.79 Å². The molecule has 3 rings (SSSR count). The Morgan fingerprint density at radius 1 is 1.03 bits per heavy atom. The molecule has 1 fully saturated rings. The predicted molar refractivity (Wildman–Crippen MR) is 133 cm³/mol. The fourth-order valence-electron chi connectivity index (χ4n) is 4.31. The Labute approximate surface area is 201 Å². The Balaban J connectivity index is 1.53. The normalized spacial score (nSPS) is 14.5. The van der Waals surface area contributed by atoms with Gasteiger partial charge < -0.3 is 20.7 Å². The molecule has 0 aliphatic heterocycles. The van der Waals surface area contributed by atoms with Gasteiger partial charge in [0, 0.05) is 24.3 Å². The number of hydrogen-bond acceptors (Lipinski definition) is 5. The van der Waals surface area contributed by atoms with Crippen LogP contribution in [0.5, 0.6) is 5.75 Å². The first-order chi connectivity index (χ1) is 16.6. The molecule has 1 saturated carbocycles. The quantitative estimate of drug-likeness (QED) is 0.433. The lowest BCUT2D eigenvalue weighted by molar-refractivity contribution is -0.123. The number of nitriles is 1. The van der Waals surface area contributed by atoms with Crippen molar-refractivity contribution in [2.75, 3.05) is 25.5 Å². The average molecular weight is 463 g/mol. The van der Waals surface area contributed by atoms with E-state index >= 15 is 0 Å². The molecule has 0 saturated heterocycles. The third-order valence-corrected chi connectivity index (χ3v) is 6.33. The lowest BCUT2D eigenvalue weighted by Gasteiger charge is -2.24. The summed E-state index contributed by atoms with van der Waals surface area (Å²) in [6.45, 7) is 1.01. The molecular weight excluding hydrogens is 428 g/mol. The highest BCUT2D eigenvalue weighted by molar-refractivity contribution is 5.97. The van der Waals surface area contributed by atoms with Gasteiger partial charge in [-0.3, -0.25) is 9.59 Å². The van der Waals surface area contributed by atoms with E-state index < -0.39 is 6.04 Å². The molecule has 0 spiro atoms. The van der Waals surface area contributed by atoms with Crippen LogP contribution in [0.25, 0.3) is 0 Å². The predicted octanol–water partition coefficient (Wildman–Crippen LogP) is 4.25. The summed E-state index contributed by atoms with van der Waals surface area (Å²) in [7, 11) is 1.63. The van der Waals surface area contributed by atoms with Crippen molar-refractivity contribution in [3.8, 4) is 11.8 Å². The molecule has 1 atom stereocenters. The summed E-state index contributed by atoms with van der Waals surface area (Å²) in [4.78, 5) is 25.7. The standard InChI is InChI=1S/C27H34N4O3/c1-34-24-14-12-23(13-15-24)29-17-18-30-27(33)25(16-9-20-5-3-2-4-6-20)31-26(32)22-10-7-21(19-28)8-11-22/h7-8,10-15,20,25,29H,2-6,9,16-18H2,1H3,(H,30,33)(H,31,32)/t25-/m0/s1. The van der Waals surface area contributed by atoms with Crippen LogP contribution in [0.3, 0.4) is 0 Å². The fraction of sp³-hybridized carbons (Fsp3) is 0.444. The van der Waals surface area contributed by atoms with E-state index in [0.29, 0.717) is 36.6 Å². The first-order valence-electron chi connectivity index (χ1n) is 12.1. The second-order valence-corrected chi connectivity index (χ2v) is 8.74. The van der Waals surface area contributed by atoms with E-state index in [1.54, 1.807) is 31.4 Å². The molecular formula is C27H34N4O3. The monoisotopic (exact) mass is 462 g/mol. The van der Waals surface area contributed by atoms with E-state index in [4.69, 9.17) is 10.00 Å². The number of hydrogen-bond donors (Lipinski definition) is 3. The number of nitrogens with one attached hydrogen (secondary N) is 3. The van der Waals surface area contributed by atoms with Gasteiger partial charge in [0.1, 0.15) is 11.8 Å². The molecule has 2 aromatic rings. The summed E-state index contributed by atoms with van der Waals surface area (Å²) in [5.41, 5.74) is 1.88. The topological polar surface area (TPSA) is 103 Å². The molecule has 34 heavy (non-hydrogen) atoms. The molecule has 2 aromatic carbocycles. The maximum atomic E-state index is 13.0. The molecule has 0 heterocycles. The van der Waals surface area contributed by atoms with Crippen molar-refractivity contribution < 1.29 is 14.3 Å². The van der Waals surface area contributed by atoms with Gasteiger partial charge in [0.2, 0.25) is 5.91 Å². The highest BCUT2D eigenvalue weighted by atomic mass is 16.5. The number of carbonyl (C=O) groups excluding carboxylic acids is 2. The molecule has 0 unspecified atom stereocenters. The largest absolute Gasteiger partial charge is 0.497 e. The van der Waals surface area contributed by atoms with Gasteiger partial charge in [0.25, 0.3) is 5.91 Å². The van der Waals surface area contributed by atoms with Crippen LogP contribution >= 0.6 is 0 Å². The minimum atomic E-state index is -0.592. The van der Waals surface area contributed by atoms with E-state index in [2.05, 4.69) is 16.0 Å². The number of nitrogens with zero attached hydrogens (tertiary/aromatic N) is 1. The van der Waals surface area contributed by atoms with Gasteiger partial charge in [-0.05, 0) is 67.3 Å². The molecule has 1 aliphatic rings. The van der Waals surface area contributed by atoms with Gasteiger partial charge in [-0.25, -0.2) is 0 Å². The molecule has 0 aromatic heterocycles. The average Bonchev–Trinajstić information content (AvgIpc) is 2.89. The maximum Gasteiger partial charge on any atom is 0.251 e. The molecule has 180 valence electrons. The zero-order valence-corrected chi connectivity index (χ0v) is 19.8. The molecule has 0 radical (unpaired) electrons. The van der Waals surface area contributed by atoms with Crippen LogP contribution in [0.1, 0.15) is 60.9 Å². The maximum absolute atomic E-state index is 13.0. The number of benzene rings is 2. The number of methoxy groups -OCH3 is 1. The summed E-state index contributed by atoms with van der Waals surface area (Å²) in [6.07, 6.45) is 7.72. The van der Waals surface area contributed by atoms with Crippen LogP contribution in [-0.4, -0.2) is 38.1 Å². The van der Waals surface area contributed by atoms with Crippen molar-refractivity contribution in [1.82, 2.24) is 10.6 Å². The van der Waals surface area contributed by atoms with Crippen LogP contribution in [0.4, 0.5) is 5.69 Å². The van der Waals surface area contributed by atoms with Crippen molar-refractivity contribution in [1.29, 1.82) is 5.26 Å². The molecule has 7 heteroatoms. The van der Waals surface area contributed by atoms with Gasteiger partial charge in [-0.1, -0.05) is 32.1 Å². The first kappa shape index (κ1) is 25.1. The Bertz CT molecular complexity index is 961. The second-order valence-electron chi connectivity index (χ2n) is 8.74. The Morgan fingerprint density at radius 2 is 1.74 bits per heavy atom. The van der Waals surface area contributed by atoms with E-state index in [1.807, 2.05) is 30.3 Å². The van der Waals surface area contributed by atoms with Gasteiger partial charge in [-0.15, -0.1) is 0 Å². The van der Waals surface area contributed by atoms with Gasteiger partial charge in [-0.2, -0.15) is 5.26 Å². The van der Waals surface area contributed by atoms with E-state index in [0.717, 1.165) is 17.9 Å². The van der Waals surface area contributed by atoms with E-state index in [1.165, 1.54) is 32.1 Å². The van der Waals surface area contributed by atoms with Crippen molar-refractivity contribution in [2.45, 2.75) is 51.0 Å². The van der Waals surface area contributed by atoms with Crippen molar-refractivity contribution in [2.24, 2.45) is 5.92 Å². The number of ether oxygens (including phenoxy) is 1. The van der Waals surface area contributed by atoms with Crippen LogP contribution < -0.4 is 20.7 Å². The van der Waals surface area contributed by atoms with Gasteiger partial charge in [0.05, 0.1) is 18.7 Å². The molecule has 1 aliphatic carbocycles. The number of rotatable bonds is 11. The molecule has 2 amide bonds. The van der Waals surface area contributed by atoms with Crippen LogP contribution in [0.15, 0.2) is 48.5 Å². The van der Waals surface area contributed by atoms with E-state index in [9.17, 15) is 9.59 Å². The lowest BCUT2D eigenvalue weighted by Crippen LogP contribution is -2.47. The van der Waals surface area contributed by atoms with Crippen LogP contribution in [0.2, 0.25) is 0 Å². The number of carbonyl (C=O) groups is 2. The highest BCUT2D eigenvalue weighted by Gasteiger charge is 2.23. The smallest absolute Gasteiger partial charge is 0.251 e. The van der Waals surface area contributed by atoms with E-state index in [-0.39, 0.29) is 11.8 Å². The number of amides is 2. The summed E-state index contributed by atoms with van der Waals surface area (Å²) in [6, 6.07) is 15.5. The van der Waals surface area contributed by atoms with Crippen LogP contribution in [0, 0.1) is 17.2 Å². The Kier molecular flexibility index (Phi) is 9.78. The summed E-state index contributed by atoms with van der Waals surface area (Å²) >= 11 is 0. The third-order valence-electron chi connectivity index (χ3n) is 6.33. The fourth-order valence-corrected chi connectivity index (χ4v) is 4.31. The van der Waals surface area contributed by atoms with Gasteiger partial charge >= 0.3 is 0 Å². The lowest BCUT2D eigenvalue weighted by atomic mass is 9.85. The Hall–Kier alpha value is -3.53. The Morgan fingerprint density at radius 3 is 2.38 bits per heavy atom. The summed E-state index contributed by atoms with van der Waals surface area (Å²) < 4.78 is 5.16. The zero-order chi connectivity index (χ0) is 24.2. The van der Waals surface area contributed by atoms with Crippen molar-refractivity contribution in [3.05, 3.63) is 59.7 Å². The van der Waals surface area contributed by atoms with Crippen molar-refractivity contribution >= 4 is 17.5 Å². The van der Waals surface area contributed by atoms with Crippen molar-refractivity contribution in [3.63, 3.8) is 0 Å². The minimum Gasteiger partial charge on any atom is -0.497 e. The second kappa shape index (κ2) is 13.2. The molecule has 7 nitrogen and oxygen atoms in total. The third kappa shape index (κ3) is 7.80. The number of anilines is 1. The SMILES string of the molecule is COc1ccc(NCCNC(=O)[C@H](CCC2CCCCC2)NC(=O)c2ccc(C#N)cc2)cc1. The highest BCUT2D eigenvalue weighted by Crippen LogP contribution is 2.27. The van der Waals surface area contributed by atoms with Gasteiger partial charge in [0.15, 0.2) is 0 Å². The summed E-state index contributed by atoms with van der Waals surface area (Å²) in [5, 5.41) is 18.1.